The first-order valence-corrected chi connectivity index (χ1v) is 5.60. The van der Waals surface area contributed by atoms with Gasteiger partial charge in [-0.25, -0.2) is 14.8 Å². The molecule has 0 saturated carbocycles. The van der Waals surface area contributed by atoms with Crippen LogP contribution in [0.25, 0.3) is 11.2 Å². The van der Waals surface area contributed by atoms with Crippen LogP contribution in [0.15, 0.2) is 10.7 Å². The van der Waals surface area contributed by atoms with Crippen molar-refractivity contribution in [3.63, 3.8) is 0 Å². The minimum Gasteiger partial charge on any atom is -0.460 e. The van der Waals surface area contributed by atoms with Gasteiger partial charge in [0.05, 0.1) is 12.1 Å². The molecule has 0 aliphatic rings. The average molecular weight is 284 g/mol. The zero-order valence-electron chi connectivity index (χ0n) is 8.87. The van der Waals surface area contributed by atoms with Crippen LogP contribution in [0, 0.1) is 6.92 Å². The van der Waals surface area contributed by atoms with E-state index in [2.05, 4.69) is 30.9 Å². The van der Waals surface area contributed by atoms with Crippen molar-refractivity contribution in [2.24, 2.45) is 0 Å². The van der Waals surface area contributed by atoms with Crippen molar-refractivity contribution >= 4 is 33.1 Å². The van der Waals surface area contributed by atoms with Crippen molar-refractivity contribution in [2.75, 3.05) is 6.61 Å². The number of rotatable bonds is 2. The van der Waals surface area contributed by atoms with E-state index in [1.165, 1.54) is 0 Å². The third-order valence-corrected chi connectivity index (χ3v) is 2.99. The predicted molar refractivity (Wildman–Crippen MR) is 62.3 cm³/mol. The molecular weight excluding hydrogens is 274 g/mol. The van der Waals surface area contributed by atoms with Crippen molar-refractivity contribution in [3.05, 3.63) is 22.1 Å². The van der Waals surface area contributed by atoms with E-state index in [0.29, 0.717) is 12.3 Å². The molecule has 2 aromatic heterocycles. The second-order valence-electron chi connectivity index (χ2n) is 3.24. The van der Waals surface area contributed by atoms with E-state index in [9.17, 15) is 4.79 Å². The Bertz CT molecular complexity index is 550. The van der Waals surface area contributed by atoms with E-state index < -0.39 is 5.97 Å². The lowest BCUT2D eigenvalue weighted by Crippen LogP contribution is -2.06. The van der Waals surface area contributed by atoms with Crippen LogP contribution in [0.4, 0.5) is 0 Å². The van der Waals surface area contributed by atoms with Crippen molar-refractivity contribution in [3.8, 4) is 0 Å². The molecular formula is C10H10BrN3O2. The fourth-order valence-electron chi connectivity index (χ4n) is 1.35. The lowest BCUT2D eigenvalue weighted by Gasteiger charge is -1.97. The van der Waals surface area contributed by atoms with E-state index >= 15 is 0 Å². The van der Waals surface area contributed by atoms with Gasteiger partial charge in [0, 0.05) is 10.7 Å². The average Bonchev–Trinajstić information content (AvgIpc) is 2.69. The third kappa shape index (κ3) is 1.80. The smallest absolute Gasteiger partial charge is 0.374 e. The van der Waals surface area contributed by atoms with Gasteiger partial charge in [0.2, 0.25) is 5.82 Å². The lowest BCUT2D eigenvalue weighted by atomic mass is 10.3. The number of carbonyl (C=O) groups excluding carboxylic acids is 1. The Morgan fingerprint density at radius 2 is 2.38 bits per heavy atom. The maximum Gasteiger partial charge on any atom is 0.374 e. The summed E-state index contributed by atoms with van der Waals surface area (Å²) in [5.74, 6) is -0.276. The van der Waals surface area contributed by atoms with Crippen molar-refractivity contribution in [1.29, 1.82) is 0 Å². The van der Waals surface area contributed by atoms with Crippen molar-refractivity contribution < 1.29 is 9.53 Å². The number of ether oxygens (including phenoxy) is 1. The SMILES string of the molecule is CCOC(=O)c1nc2ncc(Br)c(C)c2[nH]1. The van der Waals surface area contributed by atoms with Gasteiger partial charge < -0.3 is 9.72 Å². The number of nitrogens with zero attached hydrogens (tertiary/aromatic N) is 2. The van der Waals surface area contributed by atoms with Gasteiger partial charge in [-0.3, -0.25) is 0 Å². The van der Waals surface area contributed by atoms with E-state index in [-0.39, 0.29) is 5.82 Å². The largest absolute Gasteiger partial charge is 0.460 e. The van der Waals surface area contributed by atoms with Gasteiger partial charge in [-0.2, -0.15) is 0 Å². The van der Waals surface area contributed by atoms with Crippen molar-refractivity contribution in [2.45, 2.75) is 13.8 Å². The van der Waals surface area contributed by atoms with E-state index in [1.807, 2.05) is 6.92 Å². The molecule has 0 radical (unpaired) electrons. The zero-order chi connectivity index (χ0) is 11.7. The highest BCUT2D eigenvalue weighted by Crippen LogP contribution is 2.21. The molecule has 0 spiro atoms. The number of aryl methyl sites for hydroxylation is 1. The number of halogens is 1. The number of aromatic nitrogens is 3. The molecule has 0 aliphatic heterocycles. The summed E-state index contributed by atoms with van der Waals surface area (Å²) in [6.07, 6.45) is 1.66. The molecule has 2 aromatic rings. The van der Waals surface area contributed by atoms with Crippen LogP contribution in [-0.2, 0) is 4.74 Å². The Balaban J connectivity index is 2.52. The summed E-state index contributed by atoms with van der Waals surface area (Å²) in [5.41, 5.74) is 2.23. The molecule has 0 amide bonds. The molecule has 0 saturated heterocycles. The number of pyridine rings is 1. The molecule has 0 aliphatic carbocycles. The minimum absolute atomic E-state index is 0.186. The second kappa shape index (κ2) is 4.21. The summed E-state index contributed by atoms with van der Waals surface area (Å²) in [6.45, 7) is 3.99. The zero-order valence-corrected chi connectivity index (χ0v) is 10.5. The first kappa shape index (κ1) is 11.1. The molecule has 16 heavy (non-hydrogen) atoms. The number of aromatic amines is 1. The molecule has 0 bridgehead atoms. The van der Waals surface area contributed by atoms with Gasteiger partial charge in [-0.15, -0.1) is 0 Å². The standard InChI is InChI=1S/C10H10BrN3O2/c1-3-16-10(15)9-13-7-5(2)6(11)4-12-8(7)14-9/h4H,3H2,1-2H3,(H,12,13,14). The van der Waals surface area contributed by atoms with Crippen LogP contribution in [-0.4, -0.2) is 27.5 Å². The van der Waals surface area contributed by atoms with Crippen LogP contribution >= 0.6 is 15.9 Å². The number of esters is 1. The highest BCUT2D eigenvalue weighted by atomic mass is 79.9. The normalized spacial score (nSPS) is 10.7. The Kier molecular flexibility index (Phi) is 2.91. The summed E-state index contributed by atoms with van der Waals surface area (Å²) in [6, 6.07) is 0. The van der Waals surface area contributed by atoms with Crippen LogP contribution in [0.5, 0.6) is 0 Å². The fourth-order valence-corrected chi connectivity index (χ4v) is 1.65. The topological polar surface area (TPSA) is 67.9 Å². The van der Waals surface area contributed by atoms with Gasteiger partial charge in [0.15, 0.2) is 5.65 Å². The number of hydrogen-bond acceptors (Lipinski definition) is 4. The number of hydrogen-bond donors (Lipinski definition) is 1. The highest BCUT2D eigenvalue weighted by Gasteiger charge is 2.14. The monoisotopic (exact) mass is 283 g/mol. The molecule has 0 aromatic carbocycles. The summed E-state index contributed by atoms with van der Waals surface area (Å²) in [7, 11) is 0. The summed E-state index contributed by atoms with van der Waals surface area (Å²) in [5, 5.41) is 0. The number of imidazole rings is 1. The Morgan fingerprint density at radius 1 is 1.62 bits per heavy atom. The van der Waals surface area contributed by atoms with E-state index in [0.717, 1.165) is 15.6 Å². The first-order chi connectivity index (χ1) is 7.63. The van der Waals surface area contributed by atoms with E-state index in [1.54, 1.807) is 13.1 Å². The molecule has 2 rings (SSSR count). The molecule has 84 valence electrons. The van der Waals surface area contributed by atoms with Crippen LogP contribution in [0.3, 0.4) is 0 Å². The van der Waals surface area contributed by atoms with Gasteiger partial charge in [0.25, 0.3) is 0 Å². The molecule has 0 atom stereocenters. The molecule has 6 heteroatoms. The molecule has 2 heterocycles. The third-order valence-electron chi connectivity index (χ3n) is 2.19. The van der Waals surface area contributed by atoms with Gasteiger partial charge >= 0.3 is 5.97 Å². The maximum absolute atomic E-state index is 11.5. The Hall–Kier alpha value is -1.43. The van der Waals surface area contributed by atoms with Crippen LogP contribution < -0.4 is 0 Å². The van der Waals surface area contributed by atoms with Gasteiger partial charge in [0.1, 0.15) is 0 Å². The number of H-pyrrole nitrogens is 1. The number of nitrogens with one attached hydrogen (secondary N) is 1. The number of carbonyl (C=O) groups is 1. The van der Waals surface area contributed by atoms with Gasteiger partial charge in [-0.1, -0.05) is 0 Å². The van der Waals surface area contributed by atoms with Crippen LogP contribution in [0.2, 0.25) is 0 Å². The van der Waals surface area contributed by atoms with Crippen LogP contribution in [0.1, 0.15) is 23.1 Å². The maximum atomic E-state index is 11.5. The predicted octanol–water partition coefficient (Wildman–Crippen LogP) is 2.21. The summed E-state index contributed by atoms with van der Waals surface area (Å²) in [4.78, 5) is 22.5. The Labute approximate surface area is 100 Å². The van der Waals surface area contributed by atoms with E-state index in [4.69, 9.17) is 4.74 Å². The quantitative estimate of drug-likeness (QED) is 0.858. The molecule has 0 fully saturated rings. The molecule has 5 nitrogen and oxygen atoms in total. The van der Waals surface area contributed by atoms with Gasteiger partial charge in [-0.05, 0) is 35.3 Å². The Morgan fingerprint density at radius 3 is 3.06 bits per heavy atom. The summed E-state index contributed by atoms with van der Waals surface area (Å²) < 4.78 is 5.73. The number of fused-ring (bicyclic) bond motifs is 1. The molecule has 1 N–H and O–H groups in total. The second-order valence-corrected chi connectivity index (χ2v) is 4.09. The first-order valence-electron chi connectivity index (χ1n) is 4.81. The van der Waals surface area contributed by atoms with Crippen molar-refractivity contribution in [1.82, 2.24) is 15.0 Å². The highest BCUT2D eigenvalue weighted by molar-refractivity contribution is 9.10. The minimum atomic E-state index is -0.462. The lowest BCUT2D eigenvalue weighted by molar-refractivity contribution is 0.0513. The molecule has 0 unspecified atom stereocenters. The fraction of sp³-hybridized carbons (Fsp3) is 0.300. The summed E-state index contributed by atoms with van der Waals surface area (Å²) >= 11 is 3.37.